The van der Waals surface area contributed by atoms with Crippen molar-refractivity contribution in [1.29, 1.82) is 0 Å². The molecule has 2 nitrogen and oxygen atoms in total. The van der Waals surface area contributed by atoms with E-state index in [1.54, 1.807) is 0 Å². The molecule has 1 aliphatic heterocycles. The third-order valence-electron chi connectivity index (χ3n) is 1.88. The Hall–Kier alpha value is -0.290. The normalized spacial score (nSPS) is 28.9. The van der Waals surface area contributed by atoms with Gasteiger partial charge in [0.2, 0.25) is 0 Å². The molecule has 0 amide bonds. The van der Waals surface area contributed by atoms with E-state index in [1.807, 2.05) is 0 Å². The summed E-state index contributed by atoms with van der Waals surface area (Å²) in [6.45, 7) is 0.832. The highest BCUT2D eigenvalue weighted by Crippen LogP contribution is 2.28. The van der Waals surface area contributed by atoms with E-state index in [1.165, 1.54) is 0 Å². The van der Waals surface area contributed by atoms with Crippen molar-refractivity contribution in [3.05, 3.63) is 0 Å². The van der Waals surface area contributed by atoms with E-state index in [-0.39, 0.29) is 6.54 Å². The molecule has 0 aromatic heterocycles. The number of alkyl halides is 3. The fourth-order valence-corrected chi connectivity index (χ4v) is 1.21. The second-order valence-corrected chi connectivity index (χ2v) is 2.74. The Morgan fingerprint density at radius 3 is 2.45 bits per heavy atom. The lowest BCUT2D eigenvalue weighted by Crippen LogP contribution is -2.36. The standard InChI is InChI=1S/C6H10F3NO/c7-6(8,9)5(11)4-1-2-10-3-4/h4-5,10-11H,1-3H2/t4-,5-/m1/s1. The maximum Gasteiger partial charge on any atom is 0.414 e. The van der Waals surface area contributed by atoms with Crippen LogP contribution in [0.1, 0.15) is 6.42 Å². The largest absolute Gasteiger partial charge is 0.414 e. The molecule has 0 aliphatic carbocycles. The number of hydrogen-bond donors (Lipinski definition) is 2. The Labute approximate surface area is 62.4 Å². The van der Waals surface area contributed by atoms with Crippen LogP contribution in [0.3, 0.4) is 0 Å². The molecule has 0 bridgehead atoms. The van der Waals surface area contributed by atoms with Crippen molar-refractivity contribution >= 4 is 0 Å². The first kappa shape index (κ1) is 8.80. The smallest absolute Gasteiger partial charge is 0.383 e. The molecular weight excluding hydrogens is 159 g/mol. The Kier molecular flexibility index (Phi) is 2.39. The third kappa shape index (κ3) is 2.07. The summed E-state index contributed by atoms with van der Waals surface area (Å²) in [7, 11) is 0. The molecule has 66 valence electrons. The summed E-state index contributed by atoms with van der Waals surface area (Å²) in [5.74, 6) is -0.657. The summed E-state index contributed by atoms with van der Waals surface area (Å²) in [5.41, 5.74) is 0. The lowest BCUT2D eigenvalue weighted by atomic mass is 10.0. The number of aliphatic hydroxyl groups excluding tert-OH is 1. The van der Waals surface area contributed by atoms with Gasteiger partial charge in [-0.05, 0) is 13.0 Å². The molecule has 0 unspecified atom stereocenters. The van der Waals surface area contributed by atoms with Crippen molar-refractivity contribution in [2.75, 3.05) is 13.1 Å². The highest BCUT2D eigenvalue weighted by molar-refractivity contribution is 4.81. The van der Waals surface area contributed by atoms with Crippen molar-refractivity contribution in [2.24, 2.45) is 5.92 Å². The quantitative estimate of drug-likeness (QED) is 0.599. The van der Waals surface area contributed by atoms with Crippen molar-refractivity contribution in [2.45, 2.75) is 18.7 Å². The van der Waals surface area contributed by atoms with E-state index < -0.39 is 18.2 Å². The molecule has 2 N–H and O–H groups in total. The Balaban J connectivity index is 2.46. The highest BCUT2D eigenvalue weighted by atomic mass is 19.4. The van der Waals surface area contributed by atoms with Crippen LogP contribution in [0.25, 0.3) is 0 Å². The van der Waals surface area contributed by atoms with E-state index in [4.69, 9.17) is 5.11 Å². The van der Waals surface area contributed by atoms with Crippen molar-refractivity contribution < 1.29 is 18.3 Å². The monoisotopic (exact) mass is 169 g/mol. The topological polar surface area (TPSA) is 32.3 Å². The van der Waals surface area contributed by atoms with Crippen LogP contribution in [0.2, 0.25) is 0 Å². The summed E-state index contributed by atoms with van der Waals surface area (Å²) in [6.07, 6.45) is -6.21. The lowest BCUT2D eigenvalue weighted by molar-refractivity contribution is -0.217. The number of rotatable bonds is 1. The zero-order valence-corrected chi connectivity index (χ0v) is 5.86. The third-order valence-corrected chi connectivity index (χ3v) is 1.88. The van der Waals surface area contributed by atoms with Crippen LogP contribution >= 0.6 is 0 Å². The van der Waals surface area contributed by atoms with E-state index in [0.717, 1.165) is 0 Å². The zero-order valence-electron chi connectivity index (χ0n) is 5.86. The molecule has 0 radical (unpaired) electrons. The second kappa shape index (κ2) is 2.98. The van der Waals surface area contributed by atoms with Crippen molar-refractivity contribution in [3.63, 3.8) is 0 Å². The summed E-state index contributed by atoms with van der Waals surface area (Å²) in [4.78, 5) is 0. The van der Waals surface area contributed by atoms with Crippen LogP contribution in [0.5, 0.6) is 0 Å². The Morgan fingerprint density at radius 2 is 2.09 bits per heavy atom. The fourth-order valence-electron chi connectivity index (χ4n) is 1.21. The van der Waals surface area contributed by atoms with Gasteiger partial charge in [-0.15, -0.1) is 0 Å². The number of halogens is 3. The van der Waals surface area contributed by atoms with Gasteiger partial charge in [0.15, 0.2) is 6.10 Å². The number of nitrogens with one attached hydrogen (secondary N) is 1. The number of aliphatic hydroxyl groups is 1. The van der Waals surface area contributed by atoms with Gasteiger partial charge < -0.3 is 10.4 Å². The Morgan fingerprint density at radius 1 is 1.45 bits per heavy atom. The van der Waals surface area contributed by atoms with Crippen LogP contribution in [0.15, 0.2) is 0 Å². The van der Waals surface area contributed by atoms with Gasteiger partial charge in [0, 0.05) is 12.5 Å². The minimum Gasteiger partial charge on any atom is -0.383 e. The average Bonchev–Trinajstić information content (AvgIpc) is 2.34. The van der Waals surface area contributed by atoms with Gasteiger partial charge in [-0.2, -0.15) is 13.2 Å². The predicted octanol–water partition coefficient (Wildman–Crippen LogP) is 0.519. The molecule has 1 heterocycles. The van der Waals surface area contributed by atoms with Crippen molar-refractivity contribution in [1.82, 2.24) is 5.32 Å². The molecule has 2 atom stereocenters. The predicted molar refractivity (Wildman–Crippen MR) is 33.0 cm³/mol. The molecule has 11 heavy (non-hydrogen) atoms. The van der Waals surface area contributed by atoms with E-state index in [9.17, 15) is 13.2 Å². The van der Waals surface area contributed by atoms with Gasteiger partial charge >= 0.3 is 6.18 Å². The first-order valence-electron chi connectivity index (χ1n) is 3.47. The molecule has 1 fully saturated rings. The van der Waals surface area contributed by atoms with Gasteiger partial charge in [0.1, 0.15) is 0 Å². The SMILES string of the molecule is O[C@H]([C@@H]1CCNC1)C(F)(F)F. The molecule has 0 saturated carbocycles. The van der Waals surface area contributed by atoms with Gasteiger partial charge in [-0.1, -0.05) is 0 Å². The maximum absolute atomic E-state index is 11.8. The van der Waals surface area contributed by atoms with Gasteiger partial charge in [0.05, 0.1) is 0 Å². The molecular formula is C6H10F3NO. The van der Waals surface area contributed by atoms with Crippen molar-refractivity contribution in [3.8, 4) is 0 Å². The minimum atomic E-state index is -4.46. The first-order chi connectivity index (χ1) is 5.02. The molecule has 0 spiro atoms. The van der Waals surface area contributed by atoms with Gasteiger partial charge in [-0.25, -0.2) is 0 Å². The first-order valence-corrected chi connectivity index (χ1v) is 3.47. The van der Waals surface area contributed by atoms with Crippen LogP contribution < -0.4 is 5.32 Å². The molecule has 1 aliphatic rings. The zero-order chi connectivity index (χ0) is 8.48. The molecule has 1 rings (SSSR count). The maximum atomic E-state index is 11.8. The van der Waals surface area contributed by atoms with Crippen LogP contribution in [-0.4, -0.2) is 30.5 Å². The lowest BCUT2D eigenvalue weighted by Gasteiger charge is -2.19. The van der Waals surface area contributed by atoms with E-state index >= 15 is 0 Å². The summed E-state index contributed by atoms with van der Waals surface area (Å²) in [6, 6.07) is 0. The molecule has 1 saturated heterocycles. The summed E-state index contributed by atoms with van der Waals surface area (Å²) >= 11 is 0. The van der Waals surface area contributed by atoms with E-state index in [2.05, 4.69) is 5.32 Å². The van der Waals surface area contributed by atoms with Crippen LogP contribution in [-0.2, 0) is 0 Å². The van der Waals surface area contributed by atoms with Crippen LogP contribution in [0, 0.1) is 5.92 Å². The molecule has 0 aromatic rings. The summed E-state index contributed by atoms with van der Waals surface area (Å²) in [5, 5.41) is 11.5. The fraction of sp³-hybridized carbons (Fsp3) is 1.00. The second-order valence-electron chi connectivity index (χ2n) is 2.74. The van der Waals surface area contributed by atoms with E-state index in [0.29, 0.717) is 13.0 Å². The van der Waals surface area contributed by atoms with Gasteiger partial charge in [-0.3, -0.25) is 0 Å². The minimum absolute atomic E-state index is 0.265. The van der Waals surface area contributed by atoms with Crippen LogP contribution in [0.4, 0.5) is 13.2 Å². The highest BCUT2D eigenvalue weighted by Gasteiger charge is 2.43. The molecule has 5 heteroatoms. The Bertz CT molecular complexity index is 130. The number of hydrogen-bond acceptors (Lipinski definition) is 2. The average molecular weight is 169 g/mol. The van der Waals surface area contributed by atoms with Gasteiger partial charge in [0.25, 0.3) is 0 Å². The summed E-state index contributed by atoms with van der Waals surface area (Å²) < 4.78 is 35.5. The molecule has 0 aromatic carbocycles.